The fraction of sp³-hybridized carbons (Fsp3) is 0.118. The molecule has 0 saturated carbocycles. The Hall–Kier alpha value is -2.80. The van der Waals surface area contributed by atoms with Gasteiger partial charge in [0.25, 0.3) is 5.91 Å². The number of aromatic amines is 1. The van der Waals surface area contributed by atoms with Crippen LogP contribution in [0.5, 0.6) is 5.75 Å². The van der Waals surface area contributed by atoms with Gasteiger partial charge < -0.3 is 15.4 Å². The van der Waals surface area contributed by atoms with E-state index in [1.165, 1.54) is 25.1 Å². The number of benzene rings is 2. The Morgan fingerprint density at radius 2 is 1.92 bits per heavy atom. The summed E-state index contributed by atoms with van der Waals surface area (Å²) in [7, 11) is -3.43. The van der Waals surface area contributed by atoms with Crippen molar-refractivity contribution in [3.8, 4) is 5.75 Å². The summed E-state index contributed by atoms with van der Waals surface area (Å²) in [5.41, 5.74) is 1.18. The lowest BCUT2D eigenvalue weighted by Crippen LogP contribution is -2.13. The van der Waals surface area contributed by atoms with Crippen LogP contribution in [0.2, 0.25) is 0 Å². The molecule has 1 aromatic heterocycles. The first kappa shape index (κ1) is 16.1. The van der Waals surface area contributed by atoms with Crippen LogP contribution in [-0.2, 0) is 9.84 Å². The molecule has 124 valence electrons. The quantitative estimate of drug-likeness (QED) is 0.634. The molecule has 0 unspecified atom stereocenters. The van der Waals surface area contributed by atoms with E-state index in [9.17, 15) is 18.3 Å². The second-order valence-electron chi connectivity index (χ2n) is 5.31. The maximum atomic E-state index is 12.4. The van der Waals surface area contributed by atoms with Crippen LogP contribution in [0.15, 0.2) is 53.4 Å². The molecule has 0 radical (unpaired) electrons. The maximum Gasteiger partial charge on any atom is 0.272 e. The van der Waals surface area contributed by atoms with Crippen LogP contribution in [0.1, 0.15) is 17.4 Å². The molecular formula is C17H16N2O4S. The van der Waals surface area contributed by atoms with Gasteiger partial charge in [0.2, 0.25) is 0 Å². The highest BCUT2D eigenvalue weighted by atomic mass is 32.2. The summed E-state index contributed by atoms with van der Waals surface area (Å²) in [5, 5.41) is 13.3. The van der Waals surface area contributed by atoms with Gasteiger partial charge in [-0.1, -0.05) is 25.1 Å². The van der Waals surface area contributed by atoms with Gasteiger partial charge in [0.15, 0.2) is 9.84 Å². The van der Waals surface area contributed by atoms with Gasteiger partial charge in [-0.3, -0.25) is 4.79 Å². The topological polar surface area (TPSA) is 99.3 Å². The van der Waals surface area contributed by atoms with Crippen LogP contribution in [0, 0.1) is 0 Å². The highest BCUT2D eigenvalue weighted by molar-refractivity contribution is 7.91. The largest absolute Gasteiger partial charge is 0.506 e. The number of carbonyl (C=O) groups excluding carboxylic acids is 1. The van der Waals surface area contributed by atoms with Crippen molar-refractivity contribution < 1.29 is 18.3 Å². The molecule has 24 heavy (non-hydrogen) atoms. The number of amides is 1. The predicted molar refractivity (Wildman–Crippen MR) is 92.1 cm³/mol. The van der Waals surface area contributed by atoms with E-state index in [0.717, 1.165) is 10.9 Å². The number of anilines is 1. The van der Waals surface area contributed by atoms with Crippen molar-refractivity contribution in [3.63, 3.8) is 0 Å². The Balaban J connectivity index is 1.92. The van der Waals surface area contributed by atoms with E-state index in [2.05, 4.69) is 10.3 Å². The number of para-hydroxylation sites is 1. The third-order valence-electron chi connectivity index (χ3n) is 3.73. The maximum absolute atomic E-state index is 12.4. The minimum absolute atomic E-state index is 0.0492. The second-order valence-corrected chi connectivity index (χ2v) is 7.59. The molecule has 1 heterocycles. The van der Waals surface area contributed by atoms with Gasteiger partial charge in [-0.2, -0.15) is 0 Å². The molecular weight excluding hydrogens is 328 g/mol. The Kier molecular flexibility index (Phi) is 4.02. The fourth-order valence-electron chi connectivity index (χ4n) is 2.36. The Bertz CT molecular complexity index is 989. The number of H-pyrrole nitrogens is 1. The number of phenols is 1. The molecule has 0 spiro atoms. The summed E-state index contributed by atoms with van der Waals surface area (Å²) >= 11 is 0. The van der Waals surface area contributed by atoms with Crippen molar-refractivity contribution >= 4 is 32.3 Å². The Morgan fingerprint density at radius 1 is 1.17 bits per heavy atom. The third-order valence-corrected chi connectivity index (χ3v) is 5.46. The Labute approximate surface area is 139 Å². The van der Waals surface area contributed by atoms with Crippen LogP contribution >= 0.6 is 0 Å². The highest BCUT2D eigenvalue weighted by Gasteiger charge is 2.16. The Morgan fingerprint density at radius 3 is 2.62 bits per heavy atom. The summed E-state index contributed by atoms with van der Waals surface area (Å²) in [6, 6.07) is 12.9. The van der Waals surface area contributed by atoms with Crippen molar-refractivity contribution in [2.75, 3.05) is 11.1 Å². The summed E-state index contributed by atoms with van der Waals surface area (Å²) in [6.07, 6.45) is 0. The molecule has 0 fully saturated rings. The number of rotatable bonds is 4. The SMILES string of the molecule is CCS(=O)(=O)c1ccc(O)c(NC(=O)c2cc3ccccc3[nH]2)c1. The number of hydrogen-bond acceptors (Lipinski definition) is 4. The molecule has 0 aliphatic rings. The molecule has 7 heteroatoms. The zero-order valence-corrected chi connectivity index (χ0v) is 13.7. The number of aromatic hydroxyl groups is 1. The lowest BCUT2D eigenvalue weighted by atomic mass is 10.2. The molecule has 1 amide bonds. The number of sulfone groups is 1. The normalized spacial score (nSPS) is 11.5. The molecule has 0 bridgehead atoms. The van der Waals surface area contributed by atoms with Crippen LogP contribution < -0.4 is 5.32 Å². The lowest BCUT2D eigenvalue weighted by molar-refractivity contribution is 0.102. The number of phenolic OH excluding ortho intramolecular Hbond substituents is 1. The van der Waals surface area contributed by atoms with E-state index in [1.807, 2.05) is 24.3 Å². The number of nitrogens with one attached hydrogen (secondary N) is 2. The number of hydrogen-bond donors (Lipinski definition) is 3. The smallest absolute Gasteiger partial charge is 0.272 e. The summed E-state index contributed by atoms with van der Waals surface area (Å²) < 4.78 is 23.9. The zero-order chi connectivity index (χ0) is 17.3. The first-order valence-corrected chi connectivity index (χ1v) is 9.01. The minimum Gasteiger partial charge on any atom is -0.506 e. The van der Waals surface area contributed by atoms with Gasteiger partial charge in [-0.05, 0) is 30.3 Å². The molecule has 0 aliphatic carbocycles. The number of aromatic nitrogens is 1. The molecule has 0 saturated heterocycles. The molecule has 3 N–H and O–H groups in total. The third kappa shape index (κ3) is 2.98. The lowest BCUT2D eigenvalue weighted by Gasteiger charge is -2.09. The van der Waals surface area contributed by atoms with Crippen LogP contribution in [0.25, 0.3) is 10.9 Å². The van der Waals surface area contributed by atoms with E-state index < -0.39 is 15.7 Å². The predicted octanol–water partition coefficient (Wildman–Crippen LogP) is 2.92. The number of fused-ring (bicyclic) bond motifs is 1. The van der Waals surface area contributed by atoms with Crippen molar-refractivity contribution in [2.45, 2.75) is 11.8 Å². The number of carbonyl (C=O) groups is 1. The first-order chi connectivity index (χ1) is 11.4. The van der Waals surface area contributed by atoms with Gasteiger partial charge in [0, 0.05) is 10.9 Å². The molecule has 6 nitrogen and oxygen atoms in total. The average molecular weight is 344 g/mol. The summed E-state index contributed by atoms with van der Waals surface area (Å²) in [4.78, 5) is 15.4. The second kappa shape index (κ2) is 6.01. The standard InChI is InChI=1S/C17H16N2O4S/c1-2-24(22,23)12-7-8-16(20)14(10-12)19-17(21)15-9-11-5-3-4-6-13(11)18-15/h3-10,18,20H,2H2,1H3,(H,19,21). The van der Waals surface area contributed by atoms with Crippen LogP contribution in [-0.4, -0.2) is 30.2 Å². The molecule has 0 aliphatic heterocycles. The van der Waals surface area contributed by atoms with Crippen LogP contribution in [0.3, 0.4) is 0 Å². The van der Waals surface area contributed by atoms with E-state index >= 15 is 0 Å². The molecule has 3 rings (SSSR count). The van der Waals surface area contributed by atoms with Crippen molar-refractivity contribution in [1.29, 1.82) is 0 Å². The fourth-order valence-corrected chi connectivity index (χ4v) is 3.27. The van der Waals surface area contributed by atoms with Crippen molar-refractivity contribution in [3.05, 3.63) is 54.2 Å². The van der Waals surface area contributed by atoms with E-state index in [-0.39, 0.29) is 22.1 Å². The first-order valence-electron chi connectivity index (χ1n) is 7.35. The minimum atomic E-state index is -3.43. The van der Waals surface area contributed by atoms with Crippen molar-refractivity contribution in [1.82, 2.24) is 4.98 Å². The molecule has 3 aromatic rings. The molecule has 2 aromatic carbocycles. The van der Waals surface area contributed by atoms with E-state index in [0.29, 0.717) is 5.69 Å². The highest BCUT2D eigenvalue weighted by Crippen LogP contribution is 2.27. The van der Waals surface area contributed by atoms with E-state index in [4.69, 9.17) is 0 Å². The summed E-state index contributed by atoms with van der Waals surface area (Å²) in [5.74, 6) is -0.727. The monoisotopic (exact) mass is 344 g/mol. The van der Waals surface area contributed by atoms with Gasteiger partial charge in [-0.15, -0.1) is 0 Å². The van der Waals surface area contributed by atoms with Gasteiger partial charge >= 0.3 is 0 Å². The van der Waals surface area contributed by atoms with Crippen molar-refractivity contribution in [2.24, 2.45) is 0 Å². The van der Waals surface area contributed by atoms with E-state index in [1.54, 1.807) is 6.07 Å². The van der Waals surface area contributed by atoms with Gasteiger partial charge in [-0.25, -0.2) is 8.42 Å². The summed E-state index contributed by atoms with van der Waals surface area (Å²) in [6.45, 7) is 1.53. The van der Waals surface area contributed by atoms with Crippen LogP contribution in [0.4, 0.5) is 5.69 Å². The molecule has 0 atom stereocenters. The van der Waals surface area contributed by atoms with Gasteiger partial charge in [0.05, 0.1) is 16.3 Å². The zero-order valence-electron chi connectivity index (χ0n) is 12.9. The average Bonchev–Trinajstić information content (AvgIpc) is 3.01. The van der Waals surface area contributed by atoms with Gasteiger partial charge in [0.1, 0.15) is 11.4 Å².